The van der Waals surface area contributed by atoms with Crippen LogP contribution in [-0.4, -0.2) is 55.3 Å². The van der Waals surface area contributed by atoms with Crippen LogP contribution in [0.5, 0.6) is 0 Å². The van der Waals surface area contributed by atoms with Crippen molar-refractivity contribution in [1.29, 1.82) is 0 Å². The molecule has 1 saturated heterocycles. The highest BCUT2D eigenvalue weighted by Gasteiger charge is 2.28. The van der Waals surface area contributed by atoms with Crippen molar-refractivity contribution in [2.45, 2.75) is 18.9 Å². The summed E-state index contributed by atoms with van der Waals surface area (Å²) in [6.07, 6.45) is 4.36. The van der Waals surface area contributed by atoms with Crippen molar-refractivity contribution in [3.8, 4) is 0 Å². The molecular formula is C19H25N3O3S. The van der Waals surface area contributed by atoms with Gasteiger partial charge in [-0.3, -0.25) is 9.59 Å². The average Bonchev–Trinajstić information content (AvgIpc) is 3.35. The van der Waals surface area contributed by atoms with Gasteiger partial charge in [0.2, 0.25) is 5.91 Å². The van der Waals surface area contributed by atoms with Gasteiger partial charge >= 0.3 is 0 Å². The molecule has 1 N–H and O–H groups in total. The number of carbonyl (C=O) groups is 2. The van der Waals surface area contributed by atoms with E-state index in [-0.39, 0.29) is 23.8 Å². The molecule has 3 heterocycles. The summed E-state index contributed by atoms with van der Waals surface area (Å²) in [6.45, 7) is 1.80. The van der Waals surface area contributed by atoms with E-state index in [1.165, 1.54) is 17.4 Å². The van der Waals surface area contributed by atoms with E-state index in [0.717, 1.165) is 0 Å². The normalized spacial score (nSPS) is 16.7. The molecule has 2 aromatic heterocycles. The maximum Gasteiger partial charge on any atom is 0.257 e. The van der Waals surface area contributed by atoms with Crippen LogP contribution in [0.4, 0.5) is 0 Å². The smallest absolute Gasteiger partial charge is 0.257 e. The van der Waals surface area contributed by atoms with E-state index in [1.807, 2.05) is 20.2 Å². The molecule has 140 valence electrons. The maximum absolute atomic E-state index is 12.6. The summed E-state index contributed by atoms with van der Waals surface area (Å²) in [4.78, 5) is 30.0. The second-order valence-electron chi connectivity index (χ2n) is 6.82. The number of likely N-dealkylation sites (tertiary alicyclic amines) is 1. The number of hydrogen-bond acceptors (Lipinski definition) is 5. The van der Waals surface area contributed by atoms with Gasteiger partial charge in [-0.25, -0.2) is 0 Å². The molecule has 0 bridgehead atoms. The number of likely N-dealkylation sites (N-methyl/N-ethyl adjacent to an activating group) is 1. The SMILES string of the molecule is CN(C)C(CNC(=O)C1CCN(C(=O)c2ccoc2)CC1)c1cccs1. The number of rotatable bonds is 6. The largest absolute Gasteiger partial charge is 0.472 e. The molecular weight excluding hydrogens is 350 g/mol. The minimum Gasteiger partial charge on any atom is -0.472 e. The number of piperidine rings is 1. The van der Waals surface area contributed by atoms with Crippen molar-refractivity contribution < 1.29 is 14.0 Å². The van der Waals surface area contributed by atoms with Gasteiger partial charge in [0, 0.05) is 30.4 Å². The molecule has 2 amide bonds. The molecule has 26 heavy (non-hydrogen) atoms. The molecule has 0 radical (unpaired) electrons. The highest BCUT2D eigenvalue weighted by molar-refractivity contribution is 7.10. The lowest BCUT2D eigenvalue weighted by Gasteiger charge is -2.31. The van der Waals surface area contributed by atoms with Crippen molar-refractivity contribution >= 4 is 23.2 Å². The quantitative estimate of drug-likeness (QED) is 0.843. The first-order chi connectivity index (χ1) is 12.6. The predicted octanol–water partition coefficient (Wildman–Crippen LogP) is 2.61. The minimum absolute atomic E-state index is 0.0250. The molecule has 6 nitrogen and oxygen atoms in total. The predicted molar refractivity (Wildman–Crippen MR) is 101 cm³/mol. The molecule has 1 aliphatic heterocycles. The Morgan fingerprint density at radius 3 is 2.69 bits per heavy atom. The first kappa shape index (κ1) is 18.7. The van der Waals surface area contributed by atoms with Crippen molar-refractivity contribution in [3.63, 3.8) is 0 Å². The Kier molecular flexibility index (Phi) is 6.11. The molecule has 0 spiro atoms. The number of amides is 2. The third-order valence-electron chi connectivity index (χ3n) is 4.89. The minimum atomic E-state index is -0.0328. The van der Waals surface area contributed by atoms with Gasteiger partial charge in [0.25, 0.3) is 5.91 Å². The zero-order valence-electron chi connectivity index (χ0n) is 15.2. The first-order valence-corrected chi connectivity index (χ1v) is 9.73. The zero-order valence-corrected chi connectivity index (χ0v) is 16.0. The van der Waals surface area contributed by atoms with Gasteiger partial charge in [-0.1, -0.05) is 6.07 Å². The van der Waals surface area contributed by atoms with Crippen molar-refractivity contribution in [2.75, 3.05) is 33.7 Å². The fourth-order valence-electron chi connectivity index (χ4n) is 3.27. The third kappa shape index (κ3) is 4.34. The fourth-order valence-corrected chi connectivity index (χ4v) is 4.20. The molecule has 0 aromatic carbocycles. The van der Waals surface area contributed by atoms with Crippen LogP contribution in [0.2, 0.25) is 0 Å². The van der Waals surface area contributed by atoms with Crippen LogP contribution >= 0.6 is 11.3 Å². The summed E-state index contributed by atoms with van der Waals surface area (Å²) in [5.41, 5.74) is 0.567. The summed E-state index contributed by atoms with van der Waals surface area (Å²) in [5, 5.41) is 5.16. The van der Waals surface area contributed by atoms with E-state index in [9.17, 15) is 9.59 Å². The summed E-state index contributed by atoms with van der Waals surface area (Å²) >= 11 is 1.70. The zero-order chi connectivity index (χ0) is 18.5. The molecule has 1 aliphatic rings. The van der Waals surface area contributed by atoms with Crippen LogP contribution in [0.25, 0.3) is 0 Å². The Bertz CT molecular complexity index is 704. The first-order valence-electron chi connectivity index (χ1n) is 8.85. The molecule has 0 aliphatic carbocycles. The van der Waals surface area contributed by atoms with Gasteiger partial charge in [-0.2, -0.15) is 0 Å². The number of carbonyl (C=O) groups excluding carboxylic acids is 2. The van der Waals surface area contributed by atoms with Crippen LogP contribution < -0.4 is 5.32 Å². The summed E-state index contributed by atoms with van der Waals surface area (Å²) < 4.78 is 4.98. The van der Waals surface area contributed by atoms with Crippen LogP contribution in [0.1, 0.15) is 34.1 Å². The molecule has 0 saturated carbocycles. The molecule has 1 fully saturated rings. The van der Waals surface area contributed by atoms with Gasteiger partial charge in [-0.15, -0.1) is 11.3 Å². The topological polar surface area (TPSA) is 65.8 Å². The van der Waals surface area contributed by atoms with Gasteiger partial charge in [0.1, 0.15) is 6.26 Å². The molecule has 1 unspecified atom stereocenters. The lowest BCUT2D eigenvalue weighted by Crippen LogP contribution is -2.44. The van der Waals surface area contributed by atoms with E-state index in [2.05, 4.69) is 21.7 Å². The Morgan fingerprint density at radius 2 is 2.12 bits per heavy atom. The van der Waals surface area contributed by atoms with E-state index in [4.69, 9.17) is 4.42 Å². The molecule has 1 atom stereocenters. The average molecular weight is 375 g/mol. The Balaban J connectivity index is 1.48. The second-order valence-corrected chi connectivity index (χ2v) is 7.80. The number of nitrogens with zero attached hydrogens (tertiary/aromatic N) is 2. The standard InChI is InChI=1S/C19H25N3O3S/c1-21(2)16(17-4-3-11-26-17)12-20-18(23)14-5-8-22(9-6-14)19(24)15-7-10-25-13-15/h3-4,7,10-11,13-14,16H,5-6,8-9,12H2,1-2H3,(H,20,23). The van der Waals surface area contributed by atoms with Crippen LogP contribution in [-0.2, 0) is 4.79 Å². The fraction of sp³-hybridized carbons (Fsp3) is 0.474. The lowest BCUT2D eigenvalue weighted by atomic mass is 9.95. The lowest BCUT2D eigenvalue weighted by molar-refractivity contribution is -0.126. The monoisotopic (exact) mass is 375 g/mol. The Morgan fingerprint density at radius 1 is 1.35 bits per heavy atom. The number of furan rings is 1. The van der Waals surface area contributed by atoms with Gasteiger partial charge in [0.15, 0.2) is 0 Å². The molecule has 2 aromatic rings. The van der Waals surface area contributed by atoms with Gasteiger partial charge < -0.3 is 19.5 Å². The van der Waals surface area contributed by atoms with Crippen LogP contribution in [0.3, 0.4) is 0 Å². The van der Waals surface area contributed by atoms with Crippen molar-refractivity contribution in [1.82, 2.24) is 15.1 Å². The third-order valence-corrected chi connectivity index (χ3v) is 5.86. The van der Waals surface area contributed by atoms with E-state index >= 15 is 0 Å². The summed E-state index contributed by atoms with van der Waals surface area (Å²) in [6, 6.07) is 5.99. The Labute approximate surface area is 157 Å². The second kappa shape index (κ2) is 8.51. The Hall–Kier alpha value is -2.12. The highest BCUT2D eigenvalue weighted by atomic mass is 32.1. The van der Waals surface area contributed by atoms with Crippen molar-refractivity contribution in [2.24, 2.45) is 5.92 Å². The molecule has 7 heteroatoms. The van der Waals surface area contributed by atoms with Crippen LogP contribution in [0, 0.1) is 5.92 Å². The number of nitrogens with one attached hydrogen (secondary N) is 1. The summed E-state index contributed by atoms with van der Waals surface area (Å²) in [5.74, 6) is 0.0290. The van der Waals surface area contributed by atoms with E-state index in [1.54, 1.807) is 22.3 Å². The van der Waals surface area contributed by atoms with Crippen molar-refractivity contribution in [3.05, 3.63) is 46.5 Å². The summed E-state index contributed by atoms with van der Waals surface area (Å²) in [7, 11) is 4.05. The van der Waals surface area contributed by atoms with Gasteiger partial charge in [-0.05, 0) is 44.4 Å². The molecule has 3 rings (SSSR count). The maximum atomic E-state index is 12.6. The van der Waals surface area contributed by atoms with Crippen LogP contribution in [0.15, 0.2) is 40.5 Å². The van der Waals surface area contributed by atoms with E-state index < -0.39 is 0 Å². The highest BCUT2D eigenvalue weighted by Crippen LogP contribution is 2.23. The van der Waals surface area contributed by atoms with E-state index in [0.29, 0.717) is 38.0 Å². The number of thiophene rings is 1. The van der Waals surface area contributed by atoms with Gasteiger partial charge in [0.05, 0.1) is 17.9 Å². The number of hydrogen-bond donors (Lipinski definition) is 1.